The SMILES string of the molecule is CN(C)C(=O)C1CCCN1C(=O)Nc1ccnn1C(C)(C)C. The second-order valence-electron chi connectivity index (χ2n) is 6.81. The number of aromatic nitrogens is 2. The quantitative estimate of drug-likeness (QED) is 0.904. The summed E-state index contributed by atoms with van der Waals surface area (Å²) in [6.07, 6.45) is 3.21. The summed E-state index contributed by atoms with van der Waals surface area (Å²) in [5, 5.41) is 7.14. The summed E-state index contributed by atoms with van der Waals surface area (Å²) in [4.78, 5) is 27.9. The van der Waals surface area contributed by atoms with E-state index in [9.17, 15) is 9.59 Å². The number of carbonyl (C=O) groups is 2. The highest BCUT2D eigenvalue weighted by atomic mass is 16.2. The molecule has 0 radical (unpaired) electrons. The maximum atomic E-state index is 12.5. The van der Waals surface area contributed by atoms with Gasteiger partial charge in [0.25, 0.3) is 0 Å². The molecule has 1 aromatic rings. The summed E-state index contributed by atoms with van der Waals surface area (Å²) in [6, 6.07) is 1.15. The molecule has 0 spiro atoms. The highest BCUT2D eigenvalue weighted by molar-refractivity contribution is 5.93. The molecular formula is C15H25N5O2. The summed E-state index contributed by atoms with van der Waals surface area (Å²) in [5.41, 5.74) is -0.226. The zero-order valence-corrected chi connectivity index (χ0v) is 14.0. The van der Waals surface area contributed by atoms with Crippen molar-refractivity contribution in [1.29, 1.82) is 0 Å². The second kappa shape index (κ2) is 5.98. The average molecular weight is 307 g/mol. The van der Waals surface area contributed by atoms with Crippen molar-refractivity contribution in [3.63, 3.8) is 0 Å². The van der Waals surface area contributed by atoms with E-state index in [1.54, 1.807) is 35.9 Å². The van der Waals surface area contributed by atoms with Gasteiger partial charge in [0.05, 0.1) is 11.7 Å². The number of amides is 3. The Morgan fingerprint density at radius 1 is 1.36 bits per heavy atom. The van der Waals surface area contributed by atoms with E-state index >= 15 is 0 Å². The van der Waals surface area contributed by atoms with Gasteiger partial charge in [0.2, 0.25) is 5.91 Å². The molecule has 1 atom stereocenters. The van der Waals surface area contributed by atoms with Crippen LogP contribution in [0.15, 0.2) is 12.3 Å². The van der Waals surface area contributed by atoms with E-state index in [0.717, 1.165) is 6.42 Å². The summed E-state index contributed by atoms with van der Waals surface area (Å²) >= 11 is 0. The Labute approximate surface area is 131 Å². The van der Waals surface area contributed by atoms with Gasteiger partial charge in [-0.05, 0) is 33.6 Å². The standard InChI is InChI=1S/C15H25N5O2/c1-15(2,3)20-12(8-9-16-20)17-14(22)19-10-6-7-11(19)13(21)18(4)5/h8-9,11H,6-7,10H2,1-5H3,(H,17,22). The van der Waals surface area contributed by atoms with Crippen LogP contribution in [-0.2, 0) is 10.3 Å². The van der Waals surface area contributed by atoms with E-state index in [0.29, 0.717) is 18.8 Å². The van der Waals surface area contributed by atoms with Crippen molar-refractivity contribution in [2.24, 2.45) is 0 Å². The zero-order valence-electron chi connectivity index (χ0n) is 14.0. The molecule has 0 aromatic carbocycles. The molecule has 1 fully saturated rings. The molecule has 22 heavy (non-hydrogen) atoms. The molecule has 3 amide bonds. The molecule has 7 heteroatoms. The number of rotatable bonds is 2. The first kappa shape index (κ1) is 16.3. The highest BCUT2D eigenvalue weighted by Gasteiger charge is 2.35. The van der Waals surface area contributed by atoms with Crippen molar-refractivity contribution in [2.45, 2.75) is 45.2 Å². The van der Waals surface area contributed by atoms with Crippen molar-refractivity contribution < 1.29 is 9.59 Å². The molecule has 0 aliphatic carbocycles. The number of likely N-dealkylation sites (tertiary alicyclic amines) is 1. The van der Waals surface area contributed by atoms with Gasteiger partial charge < -0.3 is 9.80 Å². The molecule has 7 nitrogen and oxygen atoms in total. The molecule has 2 rings (SSSR count). The molecule has 1 aliphatic heterocycles. The normalized spacial score (nSPS) is 18.4. The van der Waals surface area contributed by atoms with Crippen LogP contribution >= 0.6 is 0 Å². The van der Waals surface area contributed by atoms with Gasteiger partial charge in [0.15, 0.2) is 0 Å². The smallest absolute Gasteiger partial charge is 0.323 e. The number of hydrogen-bond donors (Lipinski definition) is 1. The molecule has 1 N–H and O–H groups in total. The van der Waals surface area contributed by atoms with Gasteiger partial charge in [0.1, 0.15) is 11.9 Å². The largest absolute Gasteiger partial charge is 0.347 e. The maximum Gasteiger partial charge on any atom is 0.323 e. The van der Waals surface area contributed by atoms with Crippen LogP contribution in [0, 0.1) is 0 Å². The number of nitrogens with zero attached hydrogens (tertiary/aromatic N) is 4. The molecule has 1 unspecified atom stereocenters. The van der Waals surface area contributed by atoms with Gasteiger partial charge in [0, 0.05) is 26.7 Å². The topological polar surface area (TPSA) is 70.5 Å². The van der Waals surface area contributed by atoms with E-state index in [4.69, 9.17) is 0 Å². The van der Waals surface area contributed by atoms with Crippen molar-refractivity contribution in [3.05, 3.63) is 12.3 Å². The molecule has 1 aromatic heterocycles. The van der Waals surface area contributed by atoms with Crippen LogP contribution in [0.1, 0.15) is 33.6 Å². The van der Waals surface area contributed by atoms with E-state index < -0.39 is 0 Å². The van der Waals surface area contributed by atoms with E-state index in [1.165, 1.54) is 4.90 Å². The fourth-order valence-electron chi connectivity index (χ4n) is 2.68. The summed E-state index contributed by atoms with van der Waals surface area (Å²) in [7, 11) is 3.43. The van der Waals surface area contributed by atoms with Gasteiger partial charge >= 0.3 is 6.03 Å². The lowest BCUT2D eigenvalue weighted by Gasteiger charge is -2.27. The molecule has 1 saturated heterocycles. The first-order valence-electron chi connectivity index (χ1n) is 7.55. The summed E-state index contributed by atoms with van der Waals surface area (Å²) in [6.45, 7) is 6.65. The summed E-state index contributed by atoms with van der Waals surface area (Å²) in [5.74, 6) is 0.609. The molecule has 0 bridgehead atoms. The van der Waals surface area contributed by atoms with E-state index in [-0.39, 0.29) is 23.5 Å². The Morgan fingerprint density at radius 3 is 2.64 bits per heavy atom. The third kappa shape index (κ3) is 3.23. The van der Waals surface area contributed by atoms with Gasteiger partial charge in [-0.25, -0.2) is 9.48 Å². The van der Waals surface area contributed by atoms with Gasteiger partial charge in [-0.2, -0.15) is 5.10 Å². The number of hydrogen-bond acceptors (Lipinski definition) is 3. The number of urea groups is 1. The third-order valence-corrected chi connectivity index (χ3v) is 3.75. The Morgan fingerprint density at radius 2 is 2.05 bits per heavy atom. The first-order valence-corrected chi connectivity index (χ1v) is 7.55. The van der Waals surface area contributed by atoms with Crippen LogP contribution in [-0.4, -0.2) is 58.2 Å². The highest BCUT2D eigenvalue weighted by Crippen LogP contribution is 2.22. The fourth-order valence-corrected chi connectivity index (χ4v) is 2.68. The first-order chi connectivity index (χ1) is 10.2. The minimum absolute atomic E-state index is 0.0306. The van der Waals surface area contributed by atoms with Crippen LogP contribution < -0.4 is 5.32 Å². The van der Waals surface area contributed by atoms with E-state index in [2.05, 4.69) is 10.4 Å². The van der Waals surface area contributed by atoms with E-state index in [1.807, 2.05) is 20.8 Å². The number of carbonyl (C=O) groups excluding carboxylic acids is 2. The fraction of sp³-hybridized carbons (Fsp3) is 0.667. The Balaban J connectivity index is 2.13. The Hall–Kier alpha value is -2.05. The van der Waals surface area contributed by atoms with Crippen molar-refractivity contribution in [3.8, 4) is 0 Å². The predicted molar refractivity (Wildman–Crippen MR) is 84.7 cm³/mol. The van der Waals surface area contributed by atoms with Crippen LogP contribution in [0.2, 0.25) is 0 Å². The second-order valence-corrected chi connectivity index (χ2v) is 6.81. The van der Waals surface area contributed by atoms with Crippen molar-refractivity contribution >= 4 is 17.8 Å². The third-order valence-electron chi connectivity index (χ3n) is 3.75. The number of likely N-dealkylation sites (N-methyl/N-ethyl adjacent to an activating group) is 1. The summed E-state index contributed by atoms with van der Waals surface area (Å²) < 4.78 is 1.77. The minimum atomic E-state index is -0.374. The Kier molecular flexibility index (Phi) is 4.44. The van der Waals surface area contributed by atoms with Crippen LogP contribution in [0.25, 0.3) is 0 Å². The molecule has 2 heterocycles. The predicted octanol–water partition coefficient (Wildman–Crippen LogP) is 1.72. The van der Waals surface area contributed by atoms with Crippen LogP contribution in [0.3, 0.4) is 0 Å². The molecule has 1 aliphatic rings. The lowest BCUT2D eigenvalue weighted by atomic mass is 10.1. The monoisotopic (exact) mass is 307 g/mol. The lowest BCUT2D eigenvalue weighted by molar-refractivity contribution is -0.132. The Bertz CT molecular complexity index is 559. The van der Waals surface area contributed by atoms with Crippen LogP contribution in [0.5, 0.6) is 0 Å². The van der Waals surface area contributed by atoms with Crippen LogP contribution in [0.4, 0.5) is 10.6 Å². The van der Waals surface area contributed by atoms with Gasteiger partial charge in [-0.3, -0.25) is 10.1 Å². The van der Waals surface area contributed by atoms with Gasteiger partial charge in [-0.15, -0.1) is 0 Å². The lowest BCUT2D eigenvalue weighted by Crippen LogP contribution is -2.47. The zero-order chi connectivity index (χ0) is 16.5. The van der Waals surface area contributed by atoms with Crippen molar-refractivity contribution in [1.82, 2.24) is 19.6 Å². The minimum Gasteiger partial charge on any atom is -0.347 e. The number of nitrogens with one attached hydrogen (secondary N) is 1. The van der Waals surface area contributed by atoms with Gasteiger partial charge in [-0.1, -0.05) is 0 Å². The molecular weight excluding hydrogens is 282 g/mol. The van der Waals surface area contributed by atoms with Crippen molar-refractivity contribution in [2.75, 3.05) is 26.0 Å². The number of anilines is 1. The molecule has 122 valence electrons. The average Bonchev–Trinajstić information content (AvgIpc) is 3.04. The maximum absolute atomic E-state index is 12.5. The molecule has 0 saturated carbocycles.